The lowest BCUT2D eigenvalue weighted by atomic mass is 10.1. The summed E-state index contributed by atoms with van der Waals surface area (Å²) >= 11 is 5.23. The van der Waals surface area contributed by atoms with Crippen LogP contribution >= 0.6 is 11.6 Å². The molecule has 0 N–H and O–H groups in total. The molecular weight excluding hydrogens is 212 g/mol. The maximum atomic E-state index is 10.9. The summed E-state index contributed by atoms with van der Waals surface area (Å²) in [7, 11) is 0. The van der Waals surface area contributed by atoms with Gasteiger partial charge in [-0.3, -0.25) is 0 Å². The summed E-state index contributed by atoms with van der Waals surface area (Å²) < 4.78 is 4.53. The molecule has 0 aliphatic carbocycles. The quantitative estimate of drug-likeness (QED) is 0.339. The normalized spacial score (nSPS) is 10.2. The van der Waals surface area contributed by atoms with Gasteiger partial charge in [0.05, 0.1) is 0 Å². The number of hydrogen-bond acceptors (Lipinski definition) is 2. The molecule has 0 spiro atoms. The third kappa shape index (κ3) is 4.00. The summed E-state index contributed by atoms with van der Waals surface area (Å²) in [6, 6.07) is 9.43. The van der Waals surface area contributed by atoms with E-state index < -0.39 is 5.97 Å². The van der Waals surface area contributed by atoms with Crippen molar-refractivity contribution in [3.63, 3.8) is 0 Å². The highest BCUT2D eigenvalue weighted by molar-refractivity contribution is 6.17. The van der Waals surface area contributed by atoms with Crippen LogP contribution in [-0.4, -0.2) is 12.0 Å². The minimum absolute atomic E-state index is 0.138. The molecule has 1 aromatic carbocycles. The van der Waals surface area contributed by atoms with E-state index in [-0.39, 0.29) is 6.07 Å². The minimum Gasteiger partial charge on any atom is -0.446 e. The molecule has 15 heavy (non-hydrogen) atoms. The van der Waals surface area contributed by atoms with Crippen molar-refractivity contribution in [2.75, 3.05) is 6.07 Å². The molecule has 0 radical (unpaired) electrons. The number of carbonyl (C=O) groups is 1. The molecular formula is C12H11ClO2. The zero-order valence-corrected chi connectivity index (χ0v) is 8.91. The first-order chi connectivity index (χ1) is 7.24. The lowest BCUT2D eigenvalue weighted by Gasteiger charge is -1.99. The molecule has 1 aromatic rings. The first-order valence-electron chi connectivity index (χ1n) is 4.39. The van der Waals surface area contributed by atoms with Gasteiger partial charge < -0.3 is 4.74 Å². The molecule has 1 rings (SSSR count). The van der Waals surface area contributed by atoms with Gasteiger partial charge >= 0.3 is 5.97 Å². The molecule has 3 heteroatoms. The topological polar surface area (TPSA) is 26.3 Å². The lowest BCUT2D eigenvalue weighted by Crippen LogP contribution is -1.97. The monoisotopic (exact) mass is 222 g/mol. The van der Waals surface area contributed by atoms with E-state index in [2.05, 4.69) is 11.3 Å². The van der Waals surface area contributed by atoms with Crippen molar-refractivity contribution in [1.82, 2.24) is 0 Å². The van der Waals surface area contributed by atoms with E-state index in [4.69, 9.17) is 11.6 Å². The molecule has 0 amide bonds. The third-order valence-electron chi connectivity index (χ3n) is 1.76. The molecule has 0 aliphatic rings. The van der Waals surface area contributed by atoms with Crippen molar-refractivity contribution >= 4 is 23.1 Å². The highest BCUT2D eigenvalue weighted by Crippen LogP contribution is 2.12. The molecule has 0 atom stereocenters. The van der Waals surface area contributed by atoms with Gasteiger partial charge in [0, 0.05) is 6.08 Å². The van der Waals surface area contributed by atoms with Gasteiger partial charge in [0.25, 0.3) is 0 Å². The van der Waals surface area contributed by atoms with Crippen molar-refractivity contribution in [2.45, 2.75) is 0 Å². The summed E-state index contributed by atoms with van der Waals surface area (Å²) in [5.74, 6) is -0.470. The summed E-state index contributed by atoms with van der Waals surface area (Å²) in [4.78, 5) is 10.9. The number of ether oxygens (including phenoxy) is 1. The Morgan fingerprint density at radius 2 is 2.00 bits per heavy atom. The Balaban J connectivity index is 2.60. The number of benzene rings is 1. The molecule has 0 unspecified atom stereocenters. The van der Waals surface area contributed by atoms with E-state index >= 15 is 0 Å². The maximum absolute atomic E-state index is 10.9. The van der Waals surface area contributed by atoms with E-state index in [1.165, 1.54) is 6.08 Å². The number of esters is 1. The van der Waals surface area contributed by atoms with Crippen molar-refractivity contribution in [1.29, 1.82) is 0 Å². The highest BCUT2D eigenvalue weighted by atomic mass is 35.5. The maximum Gasteiger partial charge on any atom is 0.331 e. The molecule has 0 saturated carbocycles. The van der Waals surface area contributed by atoms with Crippen LogP contribution in [0.2, 0.25) is 0 Å². The van der Waals surface area contributed by atoms with Crippen LogP contribution in [0.15, 0.2) is 49.1 Å². The Morgan fingerprint density at radius 3 is 2.60 bits per heavy atom. The molecule has 0 saturated heterocycles. The zero-order chi connectivity index (χ0) is 11.1. The van der Waals surface area contributed by atoms with Crippen molar-refractivity contribution in [3.8, 4) is 0 Å². The van der Waals surface area contributed by atoms with Gasteiger partial charge in [-0.15, -0.1) is 0 Å². The van der Waals surface area contributed by atoms with Gasteiger partial charge in [-0.1, -0.05) is 48.5 Å². The fraction of sp³-hybridized carbons (Fsp3) is 0.0833. The Labute approximate surface area is 93.8 Å². The highest BCUT2D eigenvalue weighted by Gasteiger charge is 1.96. The second kappa shape index (κ2) is 6.04. The number of allylic oxidation sites excluding steroid dienone is 2. The van der Waals surface area contributed by atoms with Crippen LogP contribution < -0.4 is 0 Å². The molecule has 0 heterocycles. The van der Waals surface area contributed by atoms with Gasteiger partial charge in [0.1, 0.15) is 0 Å². The second-order valence-electron chi connectivity index (χ2n) is 2.80. The van der Waals surface area contributed by atoms with E-state index in [1.54, 1.807) is 6.08 Å². The van der Waals surface area contributed by atoms with E-state index in [0.29, 0.717) is 0 Å². The Bertz CT molecular complexity index is 368. The average Bonchev–Trinajstić information content (AvgIpc) is 2.27. The van der Waals surface area contributed by atoms with E-state index in [9.17, 15) is 4.79 Å². The molecule has 0 fully saturated rings. The number of alkyl halides is 1. The predicted octanol–water partition coefficient (Wildman–Crippen LogP) is 3.00. The summed E-state index contributed by atoms with van der Waals surface area (Å²) in [5, 5.41) is 0. The fourth-order valence-electron chi connectivity index (χ4n) is 1.02. The van der Waals surface area contributed by atoms with Crippen LogP contribution in [0.25, 0.3) is 5.57 Å². The zero-order valence-electron chi connectivity index (χ0n) is 8.15. The van der Waals surface area contributed by atoms with Crippen LogP contribution in [0.1, 0.15) is 5.56 Å². The first-order valence-corrected chi connectivity index (χ1v) is 4.92. The minimum atomic E-state index is -0.470. The smallest absolute Gasteiger partial charge is 0.331 e. The number of halogens is 1. The summed E-state index contributed by atoms with van der Waals surface area (Å²) in [5.41, 5.74) is 1.72. The third-order valence-corrected chi connectivity index (χ3v) is 1.87. The van der Waals surface area contributed by atoms with Crippen LogP contribution in [0.4, 0.5) is 0 Å². The van der Waals surface area contributed by atoms with Crippen LogP contribution in [0.3, 0.4) is 0 Å². The molecule has 2 nitrogen and oxygen atoms in total. The number of rotatable bonds is 4. The van der Waals surface area contributed by atoms with Crippen molar-refractivity contribution in [2.24, 2.45) is 0 Å². The first kappa shape index (κ1) is 11.5. The Kier molecular flexibility index (Phi) is 4.64. The van der Waals surface area contributed by atoms with E-state index in [1.807, 2.05) is 30.3 Å². The van der Waals surface area contributed by atoms with E-state index in [0.717, 1.165) is 11.1 Å². The standard InChI is InChI=1S/C12H11ClO2/c1-10(7-8-12(14)15-9-13)11-5-3-2-4-6-11/h2-8H,1,9H2. The molecule has 0 aliphatic heterocycles. The molecule has 0 aromatic heterocycles. The number of carbonyl (C=O) groups excluding carboxylic acids is 1. The molecule has 0 bridgehead atoms. The largest absolute Gasteiger partial charge is 0.446 e. The van der Waals surface area contributed by atoms with Crippen LogP contribution in [-0.2, 0) is 9.53 Å². The molecule has 78 valence electrons. The SMILES string of the molecule is C=C(C=CC(=O)OCCl)c1ccccc1. The number of hydrogen-bond donors (Lipinski definition) is 0. The fourth-order valence-corrected chi connectivity index (χ4v) is 1.13. The van der Waals surface area contributed by atoms with Crippen LogP contribution in [0.5, 0.6) is 0 Å². The second-order valence-corrected chi connectivity index (χ2v) is 3.02. The predicted molar refractivity (Wildman–Crippen MR) is 61.4 cm³/mol. The average molecular weight is 223 g/mol. The van der Waals surface area contributed by atoms with Crippen molar-refractivity contribution in [3.05, 3.63) is 54.6 Å². The van der Waals surface area contributed by atoms with Crippen molar-refractivity contribution < 1.29 is 9.53 Å². The van der Waals surface area contributed by atoms with Gasteiger partial charge in [0.2, 0.25) is 0 Å². The lowest BCUT2D eigenvalue weighted by molar-refractivity contribution is -0.135. The summed E-state index contributed by atoms with van der Waals surface area (Å²) in [6.07, 6.45) is 2.90. The van der Waals surface area contributed by atoms with Gasteiger partial charge in [0.15, 0.2) is 6.07 Å². The van der Waals surface area contributed by atoms with Gasteiger partial charge in [-0.05, 0) is 17.2 Å². The summed E-state index contributed by atoms with van der Waals surface area (Å²) in [6.45, 7) is 3.83. The van der Waals surface area contributed by atoms with Crippen LogP contribution in [0, 0.1) is 0 Å². The Morgan fingerprint density at radius 1 is 1.33 bits per heavy atom. The van der Waals surface area contributed by atoms with Gasteiger partial charge in [-0.25, -0.2) is 4.79 Å². The Hall–Kier alpha value is -1.54. The van der Waals surface area contributed by atoms with Gasteiger partial charge in [-0.2, -0.15) is 0 Å².